The number of fused-ring (bicyclic) bond motifs is 3. The van der Waals surface area contributed by atoms with E-state index in [0.29, 0.717) is 17.9 Å². The molecule has 2 aliphatic carbocycles. The van der Waals surface area contributed by atoms with E-state index in [1.165, 1.54) is 16.7 Å². The van der Waals surface area contributed by atoms with Crippen LogP contribution in [0.1, 0.15) is 69.6 Å². The fraction of sp³-hybridized carbons (Fsp3) is 0.591. The molecule has 0 saturated heterocycles. The summed E-state index contributed by atoms with van der Waals surface area (Å²) in [5, 5.41) is 9.56. The molecule has 0 bridgehead atoms. The lowest BCUT2D eigenvalue weighted by Gasteiger charge is -2.48. The number of methoxy groups -OCH3 is 2. The van der Waals surface area contributed by atoms with Gasteiger partial charge in [0.25, 0.3) is 0 Å². The number of aliphatic carboxylic acids is 1. The molecule has 2 aliphatic rings. The fourth-order valence-electron chi connectivity index (χ4n) is 5.25. The van der Waals surface area contributed by atoms with Crippen molar-refractivity contribution in [1.29, 1.82) is 0 Å². The van der Waals surface area contributed by atoms with Gasteiger partial charge < -0.3 is 14.6 Å². The van der Waals surface area contributed by atoms with Crippen LogP contribution in [-0.2, 0) is 16.6 Å². The minimum atomic E-state index is -0.768. The van der Waals surface area contributed by atoms with Crippen LogP contribution in [0, 0.1) is 5.92 Å². The number of ether oxygens (including phenoxy) is 2. The van der Waals surface area contributed by atoms with E-state index in [4.69, 9.17) is 9.47 Å². The maximum absolute atomic E-state index is 11.6. The third-order valence-corrected chi connectivity index (χ3v) is 6.59. The molecule has 0 heterocycles. The average Bonchev–Trinajstić information content (AvgIpc) is 2.59. The molecule has 1 aromatic rings. The van der Waals surface area contributed by atoms with Crippen molar-refractivity contribution < 1.29 is 19.4 Å². The van der Waals surface area contributed by atoms with Gasteiger partial charge in [-0.1, -0.05) is 26.3 Å². The van der Waals surface area contributed by atoms with Crippen LogP contribution in [0.3, 0.4) is 0 Å². The maximum atomic E-state index is 11.6. The van der Waals surface area contributed by atoms with Crippen molar-refractivity contribution >= 4 is 5.97 Å². The minimum Gasteiger partial charge on any atom is -0.496 e. The molecule has 4 nitrogen and oxygen atoms in total. The highest BCUT2D eigenvalue weighted by Crippen LogP contribution is 2.57. The average molecular weight is 358 g/mol. The molecule has 142 valence electrons. The Morgan fingerprint density at radius 3 is 2.50 bits per heavy atom. The molecule has 0 spiro atoms. The van der Waals surface area contributed by atoms with Crippen molar-refractivity contribution in [2.24, 2.45) is 5.92 Å². The van der Waals surface area contributed by atoms with Crippen LogP contribution in [0.15, 0.2) is 17.2 Å². The molecular formula is C22H30O4. The summed E-state index contributed by atoms with van der Waals surface area (Å²) in [4.78, 5) is 11.6. The van der Waals surface area contributed by atoms with Crippen molar-refractivity contribution in [2.45, 2.75) is 64.7 Å². The van der Waals surface area contributed by atoms with Crippen LogP contribution in [0.4, 0.5) is 0 Å². The Kier molecular flexibility index (Phi) is 4.80. The number of carboxylic acid groups (broad SMARTS) is 1. The summed E-state index contributed by atoms with van der Waals surface area (Å²) in [5.74, 6) is 1.72. The molecule has 0 aliphatic heterocycles. The van der Waals surface area contributed by atoms with E-state index in [1.54, 1.807) is 14.2 Å². The zero-order chi connectivity index (χ0) is 19.2. The first-order valence-corrected chi connectivity index (χ1v) is 9.47. The van der Waals surface area contributed by atoms with Gasteiger partial charge in [-0.15, -0.1) is 0 Å². The third kappa shape index (κ3) is 2.62. The van der Waals surface area contributed by atoms with Gasteiger partial charge >= 0.3 is 5.97 Å². The van der Waals surface area contributed by atoms with E-state index < -0.39 is 5.97 Å². The summed E-state index contributed by atoms with van der Waals surface area (Å²) < 4.78 is 11.7. The summed E-state index contributed by atoms with van der Waals surface area (Å²) in [6.45, 7) is 8.62. The number of allylic oxidation sites excluding steroid dienone is 1. The normalized spacial score (nSPS) is 25.0. The molecular weight excluding hydrogens is 328 g/mol. The Hall–Kier alpha value is -1.97. The van der Waals surface area contributed by atoms with Crippen LogP contribution in [0.5, 0.6) is 11.5 Å². The molecule has 1 N–H and O–H groups in total. The van der Waals surface area contributed by atoms with E-state index in [1.807, 2.05) is 6.92 Å². The Labute approximate surface area is 156 Å². The first-order valence-electron chi connectivity index (χ1n) is 9.47. The summed E-state index contributed by atoms with van der Waals surface area (Å²) in [5.41, 5.74) is 5.17. The van der Waals surface area contributed by atoms with Crippen molar-refractivity contribution in [1.82, 2.24) is 0 Å². The fourth-order valence-corrected chi connectivity index (χ4v) is 5.25. The Morgan fingerprint density at radius 1 is 1.27 bits per heavy atom. The van der Waals surface area contributed by atoms with Crippen LogP contribution < -0.4 is 9.47 Å². The van der Waals surface area contributed by atoms with E-state index in [-0.39, 0.29) is 11.3 Å². The van der Waals surface area contributed by atoms with Crippen LogP contribution in [0.25, 0.3) is 0 Å². The highest BCUT2D eigenvalue weighted by Gasteiger charge is 2.47. The smallest absolute Gasteiger partial charge is 0.331 e. The van der Waals surface area contributed by atoms with Crippen molar-refractivity contribution in [3.8, 4) is 11.5 Å². The first-order chi connectivity index (χ1) is 12.3. The lowest BCUT2D eigenvalue weighted by molar-refractivity contribution is -0.133. The zero-order valence-corrected chi connectivity index (χ0v) is 16.7. The molecule has 0 aromatic heterocycles. The molecule has 0 radical (unpaired) electrons. The van der Waals surface area contributed by atoms with Gasteiger partial charge in [-0.25, -0.2) is 4.79 Å². The van der Waals surface area contributed by atoms with Gasteiger partial charge in [0.1, 0.15) is 11.5 Å². The lowest BCUT2D eigenvalue weighted by Crippen LogP contribution is -2.41. The highest BCUT2D eigenvalue weighted by molar-refractivity contribution is 5.88. The van der Waals surface area contributed by atoms with Crippen LogP contribution >= 0.6 is 0 Å². The van der Waals surface area contributed by atoms with Crippen LogP contribution in [-0.4, -0.2) is 25.3 Å². The second kappa shape index (κ2) is 6.64. The standard InChI is InChI=1S/C22H30O4/c1-12(2)16-11-18(25-5)19-15(20(16)26-6)7-8-17-13(3)14(21(23)24)9-10-22(17,19)4/h11-12,17H,7-10H2,1-6H3,(H,23,24)/t17-,22+/m1/s1. The van der Waals surface area contributed by atoms with E-state index in [0.717, 1.165) is 36.3 Å². The van der Waals surface area contributed by atoms with Gasteiger partial charge in [0, 0.05) is 27.7 Å². The molecule has 1 aromatic carbocycles. The quantitative estimate of drug-likeness (QED) is 0.836. The lowest BCUT2D eigenvalue weighted by atomic mass is 9.56. The van der Waals surface area contributed by atoms with Gasteiger partial charge in [0.2, 0.25) is 0 Å². The number of carbonyl (C=O) groups is 1. The minimum absolute atomic E-state index is 0.120. The predicted molar refractivity (Wildman–Crippen MR) is 102 cm³/mol. The third-order valence-electron chi connectivity index (χ3n) is 6.59. The van der Waals surface area contributed by atoms with E-state index >= 15 is 0 Å². The summed E-state index contributed by atoms with van der Waals surface area (Å²) >= 11 is 0. The monoisotopic (exact) mass is 358 g/mol. The largest absolute Gasteiger partial charge is 0.496 e. The molecule has 0 saturated carbocycles. The maximum Gasteiger partial charge on any atom is 0.331 e. The second-order valence-corrected chi connectivity index (χ2v) is 8.19. The van der Waals surface area contributed by atoms with Crippen molar-refractivity contribution in [2.75, 3.05) is 14.2 Å². The SMILES string of the molecule is COc1cc(C(C)C)c(OC)c2c1[C@@]1(C)CCC(C(=O)O)=C(C)[C@H]1CC2. The van der Waals surface area contributed by atoms with E-state index in [2.05, 4.69) is 26.8 Å². The number of rotatable bonds is 4. The van der Waals surface area contributed by atoms with Gasteiger partial charge in [-0.05, 0) is 50.5 Å². The molecule has 0 amide bonds. The molecule has 0 unspecified atom stereocenters. The molecule has 4 heteroatoms. The highest BCUT2D eigenvalue weighted by atomic mass is 16.5. The number of benzene rings is 1. The molecule has 26 heavy (non-hydrogen) atoms. The van der Waals surface area contributed by atoms with Gasteiger partial charge in [-0.3, -0.25) is 0 Å². The van der Waals surface area contributed by atoms with E-state index in [9.17, 15) is 9.90 Å². The number of hydrogen-bond acceptors (Lipinski definition) is 3. The summed E-state index contributed by atoms with van der Waals surface area (Å²) in [7, 11) is 3.48. The summed E-state index contributed by atoms with van der Waals surface area (Å²) in [6.07, 6.45) is 3.27. The van der Waals surface area contributed by atoms with Gasteiger partial charge in [0.05, 0.1) is 14.2 Å². The van der Waals surface area contributed by atoms with Gasteiger partial charge in [0.15, 0.2) is 0 Å². The Morgan fingerprint density at radius 2 is 1.96 bits per heavy atom. The van der Waals surface area contributed by atoms with Crippen molar-refractivity contribution in [3.63, 3.8) is 0 Å². The summed E-state index contributed by atoms with van der Waals surface area (Å²) in [6, 6.07) is 2.13. The number of carboxylic acids is 1. The topological polar surface area (TPSA) is 55.8 Å². The first kappa shape index (κ1) is 18.8. The van der Waals surface area contributed by atoms with Gasteiger partial charge in [-0.2, -0.15) is 0 Å². The Bertz CT molecular complexity index is 775. The Balaban J connectivity index is 2.25. The molecule has 0 fully saturated rings. The molecule has 3 rings (SSSR count). The zero-order valence-electron chi connectivity index (χ0n) is 16.7. The second-order valence-electron chi connectivity index (χ2n) is 8.19. The van der Waals surface area contributed by atoms with Crippen LogP contribution in [0.2, 0.25) is 0 Å². The number of hydrogen-bond donors (Lipinski definition) is 1. The van der Waals surface area contributed by atoms with Crippen molar-refractivity contribution in [3.05, 3.63) is 33.9 Å². The predicted octanol–water partition coefficient (Wildman–Crippen LogP) is 4.84. The molecule has 2 atom stereocenters.